The molecule has 36 heavy (non-hydrogen) atoms. The van der Waals surface area contributed by atoms with Crippen molar-refractivity contribution in [1.82, 2.24) is 10.6 Å². The molecule has 218 valence electrons. The van der Waals surface area contributed by atoms with Crippen molar-refractivity contribution in [2.45, 2.75) is 124 Å². The van der Waals surface area contributed by atoms with Crippen LogP contribution in [-0.4, -0.2) is 75.5 Å². The molecule has 0 amide bonds. The molecule has 0 fully saturated rings. The molecular weight excluding hydrogens is 468 g/mol. The van der Waals surface area contributed by atoms with E-state index in [1.165, 1.54) is 38.5 Å². The molecule has 0 aromatic heterocycles. The molecule has 0 aliphatic rings. The van der Waals surface area contributed by atoms with Crippen LogP contribution in [0.5, 0.6) is 0 Å². The standard InChI is InChI=1S/C14H26O4.2C6H15NO2/c1-2-3-4-5-6-7-8-9-10-11-12(13(15)16)14(17)18;2*1-5(8-3)7-6(2)9-4/h12H,2-11H2,1H3,(H,15,16)(H,17,18);2*5-7H,1-4H3. The molecule has 0 aromatic rings. The fourth-order valence-electron chi connectivity index (χ4n) is 2.94. The third-order valence-corrected chi connectivity index (χ3v) is 5.55. The Hall–Kier alpha value is -1.30. The predicted octanol–water partition coefficient (Wildman–Crippen LogP) is 4.81. The van der Waals surface area contributed by atoms with Crippen LogP contribution in [0.2, 0.25) is 0 Å². The summed E-state index contributed by atoms with van der Waals surface area (Å²) in [5.74, 6) is -3.67. The highest BCUT2D eigenvalue weighted by Gasteiger charge is 2.24. The zero-order valence-corrected chi connectivity index (χ0v) is 24.3. The van der Waals surface area contributed by atoms with Crippen molar-refractivity contribution in [3.63, 3.8) is 0 Å². The minimum Gasteiger partial charge on any atom is -0.481 e. The first kappa shape index (κ1) is 39.2. The van der Waals surface area contributed by atoms with Gasteiger partial charge in [-0.15, -0.1) is 0 Å². The second kappa shape index (κ2) is 28.3. The lowest BCUT2D eigenvalue weighted by Crippen LogP contribution is -2.36. The Morgan fingerprint density at radius 1 is 0.583 bits per heavy atom. The zero-order chi connectivity index (χ0) is 28.4. The van der Waals surface area contributed by atoms with Crippen molar-refractivity contribution in [2.75, 3.05) is 28.4 Å². The van der Waals surface area contributed by atoms with Gasteiger partial charge < -0.3 is 29.2 Å². The van der Waals surface area contributed by atoms with Crippen LogP contribution in [0.3, 0.4) is 0 Å². The molecule has 4 unspecified atom stereocenters. The maximum absolute atomic E-state index is 10.6. The number of carboxylic acid groups (broad SMARTS) is 2. The van der Waals surface area contributed by atoms with E-state index in [1.54, 1.807) is 28.4 Å². The summed E-state index contributed by atoms with van der Waals surface area (Å²) < 4.78 is 19.7. The lowest BCUT2D eigenvalue weighted by atomic mass is 10.00. The Balaban J connectivity index is -0.000000507. The number of aliphatic carboxylic acids is 2. The Labute approximate surface area is 219 Å². The Morgan fingerprint density at radius 3 is 1.11 bits per heavy atom. The number of nitrogens with one attached hydrogen (secondary N) is 2. The third kappa shape index (κ3) is 28.9. The molecule has 0 heterocycles. The number of methoxy groups -OCH3 is 4. The molecule has 0 saturated carbocycles. The summed E-state index contributed by atoms with van der Waals surface area (Å²) in [5.41, 5.74) is 0. The predicted molar refractivity (Wildman–Crippen MR) is 143 cm³/mol. The van der Waals surface area contributed by atoms with Crippen LogP contribution in [0.1, 0.15) is 98.8 Å². The van der Waals surface area contributed by atoms with E-state index in [4.69, 9.17) is 29.2 Å². The molecule has 4 atom stereocenters. The molecule has 0 rings (SSSR count). The summed E-state index contributed by atoms with van der Waals surface area (Å²) >= 11 is 0. The van der Waals surface area contributed by atoms with Crippen LogP contribution in [0.4, 0.5) is 0 Å². The number of carbonyl (C=O) groups is 2. The molecule has 0 bridgehead atoms. The summed E-state index contributed by atoms with van der Waals surface area (Å²) in [5, 5.41) is 23.4. The second-order valence-corrected chi connectivity index (χ2v) is 8.69. The van der Waals surface area contributed by atoms with E-state index in [9.17, 15) is 9.59 Å². The van der Waals surface area contributed by atoms with E-state index < -0.39 is 17.9 Å². The van der Waals surface area contributed by atoms with Gasteiger partial charge in [0.15, 0.2) is 5.92 Å². The quantitative estimate of drug-likeness (QED) is 0.0997. The fraction of sp³-hybridized carbons (Fsp3) is 0.923. The molecule has 10 heteroatoms. The van der Waals surface area contributed by atoms with Crippen LogP contribution >= 0.6 is 0 Å². The minimum absolute atomic E-state index is 0.0555. The second-order valence-electron chi connectivity index (χ2n) is 8.69. The normalized spacial score (nSPS) is 14.1. The first-order valence-electron chi connectivity index (χ1n) is 13.1. The van der Waals surface area contributed by atoms with E-state index in [-0.39, 0.29) is 31.3 Å². The van der Waals surface area contributed by atoms with Crippen molar-refractivity contribution in [3.8, 4) is 0 Å². The summed E-state index contributed by atoms with van der Waals surface area (Å²) in [7, 11) is 6.61. The van der Waals surface area contributed by atoms with Gasteiger partial charge in [-0.2, -0.15) is 0 Å². The van der Waals surface area contributed by atoms with E-state index >= 15 is 0 Å². The van der Waals surface area contributed by atoms with Crippen molar-refractivity contribution < 1.29 is 38.7 Å². The number of rotatable bonds is 20. The smallest absolute Gasteiger partial charge is 0.317 e. The zero-order valence-electron chi connectivity index (χ0n) is 24.3. The number of ether oxygens (including phenoxy) is 4. The van der Waals surface area contributed by atoms with Crippen LogP contribution in [0.15, 0.2) is 0 Å². The maximum atomic E-state index is 10.6. The van der Waals surface area contributed by atoms with Crippen LogP contribution < -0.4 is 10.6 Å². The number of hydrogen-bond donors (Lipinski definition) is 4. The van der Waals surface area contributed by atoms with Crippen molar-refractivity contribution in [2.24, 2.45) is 5.92 Å². The van der Waals surface area contributed by atoms with Crippen LogP contribution in [-0.2, 0) is 28.5 Å². The third-order valence-electron chi connectivity index (χ3n) is 5.55. The largest absolute Gasteiger partial charge is 0.481 e. The van der Waals surface area contributed by atoms with Crippen molar-refractivity contribution in [3.05, 3.63) is 0 Å². The van der Waals surface area contributed by atoms with Gasteiger partial charge in [-0.25, -0.2) is 0 Å². The van der Waals surface area contributed by atoms with Crippen molar-refractivity contribution in [1.29, 1.82) is 0 Å². The summed E-state index contributed by atoms with van der Waals surface area (Å²) in [6, 6.07) is 0. The van der Waals surface area contributed by atoms with Gasteiger partial charge in [0, 0.05) is 28.4 Å². The highest BCUT2D eigenvalue weighted by molar-refractivity contribution is 5.92. The topological polar surface area (TPSA) is 136 Å². The Morgan fingerprint density at radius 2 is 0.861 bits per heavy atom. The lowest BCUT2D eigenvalue weighted by molar-refractivity contribution is -0.154. The minimum atomic E-state index is -1.23. The summed E-state index contributed by atoms with van der Waals surface area (Å²) in [6.45, 7) is 9.90. The van der Waals surface area contributed by atoms with Gasteiger partial charge >= 0.3 is 11.9 Å². The van der Waals surface area contributed by atoms with Gasteiger partial charge in [0.05, 0.1) is 0 Å². The van der Waals surface area contributed by atoms with E-state index in [1.807, 2.05) is 27.7 Å². The number of carboxylic acids is 2. The monoisotopic (exact) mass is 524 g/mol. The van der Waals surface area contributed by atoms with Gasteiger partial charge in [0.25, 0.3) is 0 Å². The Kier molecular flexibility index (Phi) is 30.8. The van der Waals surface area contributed by atoms with E-state index in [0.717, 1.165) is 12.8 Å². The van der Waals surface area contributed by atoms with E-state index in [0.29, 0.717) is 6.42 Å². The summed E-state index contributed by atoms with van der Waals surface area (Å²) in [6.07, 6.45) is 10.7. The molecule has 0 spiro atoms. The molecule has 0 aliphatic heterocycles. The van der Waals surface area contributed by atoms with Gasteiger partial charge in [0.1, 0.15) is 24.9 Å². The highest BCUT2D eigenvalue weighted by atomic mass is 16.5. The fourth-order valence-corrected chi connectivity index (χ4v) is 2.94. The number of unbranched alkanes of at least 4 members (excludes halogenated alkanes) is 8. The molecular formula is C26H56N2O8. The molecule has 4 N–H and O–H groups in total. The van der Waals surface area contributed by atoms with Gasteiger partial charge in [-0.3, -0.25) is 20.2 Å². The average molecular weight is 525 g/mol. The van der Waals surface area contributed by atoms with Crippen LogP contribution in [0.25, 0.3) is 0 Å². The average Bonchev–Trinajstić information content (AvgIpc) is 2.85. The van der Waals surface area contributed by atoms with Gasteiger partial charge in [0.2, 0.25) is 0 Å². The molecule has 0 saturated heterocycles. The Bertz CT molecular complexity index is 449. The summed E-state index contributed by atoms with van der Waals surface area (Å²) in [4.78, 5) is 21.3. The first-order chi connectivity index (χ1) is 17.0. The first-order valence-corrected chi connectivity index (χ1v) is 13.1. The maximum Gasteiger partial charge on any atom is 0.317 e. The molecule has 10 nitrogen and oxygen atoms in total. The molecule has 0 aromatic carbocycles. The van der Waals surface area contributed by atoms with Crippen LogP contribution in [0, 0.1) is 5.92 Å². The van der Waals surface area contributed by atoms with Gasteiger partial charge in [-0.05, 0) is 34.1 Å². The highest BCUT2D eigenvalue weighted by Crippen LogP contribution is 2.14. The van der Waals surface area contributed by atoms with Gasteiger partial charge in [-0.1, -0.05) is 64.7 Å². The van der Waals surface area contributed by atoms with Crippen molar-refractivity contribution >= 4 is 11.9 Å². The number of hydrogen-bond acceptors (Lipinski definition) is 8. The lowest BCUT2D eigenvalue weighted by Gasteiger charge is -2.16. The molecule has 0 aliphatic carbocycles. The van der Waals surface area contributed by atoms with E-state index in [2.05, 4.69) is 17.6 Å². The molecule has 0 radical (unpaired) electrons. The SMILES string of the molecule is CCCCCCCCCCCC(C(=O)O)C(=O)O.COC(C)NC(C)OC.COC(C)NC(C)OC.